The van der Waals surface area contributed by atoms with Gasteiger partial charge < -0.3 is 9.47 Å². The topological polar surface area (TPSA) is 18.5 Å². The van der Waals surface area contributed by atoms with E-state index in [0.29, 0.717) is 11.6 Å². The minimum Gasteiger partial charge on any atom is -0.491 e. The van der Waals surface area contributed by atoms with Crippen LogP contribution in [-0.2, 0) is 18.7 Å². The summed E-state index contributed by atoms with van der Waals surface area (Å²) in [6.45, 7) is 3.49. The number of halogens is 6. The molecular weight excluding hydrogens is 470 g/mol. The zero-order valence-corrected chi connectivity index (χ0v) is 19.4. The first kappa shape index (κ1) is 26.4. The molecule has 2 nitrogen and oxygen atoms in total. The first-order valence-corrected chi connectivity index (χ1v) is 11.4. The molecule has 0 aliphatic heterocycles. The van der Waals surface area contributed by atoms with Gasteiger partial charge in [-0.2, -0.15) is 22.0 Å². The van der Waals surface area contributed by atoms with Crippen molar-refractivity contribution in [2.24, 2.45) is 0 Å². The van der Waals surface area contributed by atoms with Gasteiger partial charge in [0.2, 0.25) is 0 Å². The first-order chi connectivity index (χ1) is 16.6. The van der Waals surface area contributed by atoms with E-state index in [1.807, 2.05) is 24.3 Å². The third-order valence-electron chi connectivity index (χ3n) is 5.47. The molecule has 0 saturated carbocycles. The summed E-state index contributed by atoms with van der Waals surface area (Å²) in [5.74, 6) is -3.83. The van der Waals surface area contributed by atoms with Gasteiger partial charge in [0.25, 0.3) is 0 Å². The molecule has 0 radical (unpaired) electrons. The van der Waals surface area contributed by atoms with Crippen molar-refractivity contribution in [3.8, 4) is 22.6 Å². The smallest absolute Gasteiger partial charge is 0.426 e. The summed E-state index contributed by atoms with van der Waals surface area (Å²) in [6.07, 6.45) is -5.08. The van der Waals surface area contributed by atoms with Gasteiger partial charge in [-0.15, -0.1) is 0 Å². The van der Waals surface area contributed by atoms with E-state index in [1.165, 1.54) is 24.6 Å². The van der Waals surface area contributed by atoms with E-state index in [2.05, 4.69) is 11.7 Å². The summed E-state index contributed by atoms with van der Waals surface area (Å²) < 4.78 is 93.5. The SMILES string of the molecule is CCCCCc1ccc(-c2ccc(C(F)(F)Oc3ccc(OCC)c(F)c3C(F)(F)F)cc2)cc1. The second kappa shape index (κ2) is 11.1. The lowest BCUT2D eigenvalue weighted by Gasteiger charge is -2.22. The molecule has 3 rings (SSSR count). The summed E-state index contributed by atoms with van der Waals surface area (Å²) in [5, 5.41) is 0. The Morgan fingerprint density at radius 3 is 1.83 bits per heavy atom. The molecule has 3 aromatic rings. The van der Waals surface area contributed by atoms with Crippen LogP contribution in [0.2, 0.25) is 0 Å². The number of benzene rings is 3. The Hall–Kier alpha value is -3.16. The quantitative estimate of drug-likeness (QED) is 0.206. The van der Waals surface area contributed by atoms with E-state index in [-0.39, 0.29) is 6.61 Å². The molecule has 3 aromatic carbocycles. The Kier molecular flexibility index (Phi) is 8.35. The molecule has 0 fully saturated rings. The number of unbranched alkanes of at least 4 members (excludes halogenated alkanes) is 2. The van der Waals surface area contributed by atoms with Crippen molar-refractivity contribution in [3.63, 3.8) is 0 Å². The average Bonchev–Trinajstić information content (AvgIpc) is 2.81. The minimum absolute atomic E-state index is 0.0987. The zero-order valence-electron chi connectivity index (χ0n) is 19.4. The van der Waals surface area contributed by atoms with Crippen LogP contribution in [-0.4, -0.2) is 6.61 Å². The van der Waals surface area contributed by atoms with Gasteiger partial charge in [0.1, 0.15) is 11.3 Å². The van der Waals surface area contributed by atoms with Crippen molar-refractivity contribution in [1.29, 1.82) is 0 Å². The van der Waals surface area contributed by atoms with Crippen LogP contribution in [0.4, 0.5) is 26.3 Å². The van der Waals surface area contributed by atoms with Crippen molar-refractivity contribution in [2.75, 3.05) is 6.61 Å². The van der Waals surface area contributed by atoms with Gasteiger partial charge in [-0.25, -0.2) is 4.39 Å². The van der Waals surface area contributed by atoms with Gasteiger partial charge in [-0.05, 0) is 60.7 Å². The third kappa shape index (κ3) is 6.50. The summed E-state index contributed by atoms with van der Waals surface area (Å²) in [5.41, 5.74) is 0.0427. The number of hydrogen-bond donors (Lipinski definition) is 0. The molecule has 0 N–H and O–H groups in total. The predicted molar refractivity (Wildman–Crippen MR) is 122 cm³/mol. The zero-order chi connectivity index (χ0) is 25.6. The van der Waals surface area contributed by atoms with Gasteiger partial charge in [0.15, 0.2) is 11.6 Å². The number of hydrogen-bond acceptors (Lipinski definition) is 2. The molecule has 0 heterocycles. The molecule has 0 bridgehead atoms. The molecule has 35 heavy (non-hydrogen) atoms. The summed E-state index contributed by atoms with van der Waals surface area (Å²) in [6, 6.07) is 14.2. The second-order valence-corrected chi connectivity index (χ2v) is 8.03. The Morgan fingerprint density at radius 1 is 0.714 bits per heavy atom. The molecular formula is C27H26F6O2. The largest absolute Gasteiger partial charge is 0.491 e. The molecule has 188 valence electrons. The van der Waals surface area contributed by atoms with Crippen LogP contribution < -0.4 is 9.47 Å². The van der Waals surface area contributed by atoms with E-state index in [9.17, 15) is 26.3 Å². The van der Waals surface area contributed by atoms with Crippen molar-refractivity contribution in [1.82, 2.24) is 0 Å². The van der Waals surface area contributed by atoms with Gasteiger partial charge in [0, 0.05) is 0 Å². The van der Waals surface area contributed by atoms with E-state index in [0.717, 1.165) is 49.4 Å². The fourth-order valence-electron chi connectivity index (χ4n) is 3.65. The van der Waals surface area contributed by atoms with Crippen LogP contribution in [0.5, 0.6) is 11.5 Å². The molecule has 0 amide bonds. The van der Waals surface area contributed by atoms with Crippen LogP contribution in [0, 0.1) is 5.82 Å². The Labute approximate surface area is 200 Å². The lowest BCUT2D eigenvalue weighted by Crippen LogP contribution is -2.24. The number of rotatable bonds is 10. The summed E-state index contributed by atoms with van der Waals surface area (Å²) in [4.78, 5) is 0. The van der Waals surface area contributed by atoms with Gasteiger partial charge in [-0.3, -0.25) is 0 Å². The van der Waals surface area contributed by atoms with Gasteiger partial charge >= 0.3 is 12.3 Å². The van der Waals surface area contributed by atoms with Crippen molar-refractivity contribution >= 4 is 0 Å². The normalized spacial score (nSPS) is 12.0. The number of alkyl halides is 5. The van der Waals surface area contributed by atoms with Gasteiger partial charge in [-0.1, -0.05) is 56.2 Å². The van der Waals surface area contributed by atoms with Crippen molar-refractivity contribution in [3.05, 3.63) is 83.2 Å². The molecule has 0 saturated heterocycles. The fraction of sp³-hybridized carbons (Fsp3) is 0.333. The maximum Gasteiger partial charge on any atom is 0.426 e. The Bertz CT molecular complexity index is 1110. The molecule has 8 heteroatoms. The predicted octanol–water partition coefficient (Wildman–Crippen LogP) is 8.77. The maximum atomic E-state index is 14.8. The van der Waals surface area contributed by atoms with E-state index in [1.54, 1.807) is 0 Å². The van der Waals surface area contributed by atoms with Crippen LogP contribution in [0.1, 0.15) is 49.8 Å². The first-order valence-electron chi connectivity index (χ1n) is 11.4. The van der Waals surface area contributed by atoms with Crippen LogP contribution in [0.3, 0.4) is 0 Å². The Balaban J connectivity index is 1.82. The lowest BCUT2D eigenvalue weighted by atomic mass is 10.0. The molecule has 0 aliphatic rings. The monoisotopic (exact) mass is 496 g/mol. The molecule has 0 aliphatic carbocycles. The number of aryl methyl sites for hydroxylation is 1. The second-order valence-electron chi connectivity index (χ2n) is 8.03. The molecule has 0 spiro atoms. The van der Waals surface area contributed by atoms with Crippen LogP contribution in [0.15, 0.2) is 60.7 Å². The summed E-state index contributed by atoms with van der Waals surface area (Å²) >= 11 is 0. The Morgan fingerprint density at radius 2 is 1.29 bits per heavy atom. The average molecular weight is 496 g/mol. The van der Waals surface area contributed by atoms with E-state index in [4.69, 9.17) is 4.74 Å². The van der Waals surface area contributed by atoms with Crippen molar-refractivity contribution in [2.45, 2.75) is 51.8 Å². The molecule has 0 atom stereocenters. The highest BCUT2D eigenvalue weighted by molar-refractivity contribution is 5.64. The number of ether oxygens (including phenoxy) is 2. The van der Waals surface area contributed by atoms with E-state index < -0.39 is 40.7 Å². The van der Waals surface area contributed by atoms with Crippen LogP contribution >= 0.6 is 0 Å². The minimum atomic E-state index is -5.27. The van der Waals surface area contributed by atoms with E-state index >= 15 is 0 Å². The standard InChI is InChI=1S/C27H26F6O2/c1-3-5-6-7-18-8-10-19(11-9-18)20-12-14-21(15-13-20)27(32,33)35-22-16-17-23(34-4-2)25(28)24(22)26(29,30)31/h8-17H,3-7H2,1-2H3. The third-order valence-corrected chi connectivity index (χ3v) is 5.47. The fourth-order valence-corrected chi connectivity index (χ4v) is 3.65. The maximum absolute atomic E-state index is 14.8. The van der Waals surface area contributed by atoms with Crippen LogP contribution in [0.25, 0.3) is 11.1 Å². The lowest BCUT2D eigenvalue weighted by molar-refractivity contribution is -0.192. The van der Waals surface area contributed by atoms with Crippen molar-refractivity contribution < 1.29 is 35.8 Å². The van der Waals surface area contributed by atoms with Gasteiger partial charge in [0.05, 0.1) is 12.2 Å². The molecule has 0 aromatic heterocycles. The molecule has 0 unspecified atom stereocenters. The highest BCUT2D eigenvalue weighted by atomic mass is 19.4. The highest BCUT2D eigenvalue weighted by Gasteiger charge is 2.43. The summed E-state index contributed by atoms with van der Waals surface area (Å²) in [7, 11) is 0. The highest BCUT2D eigenvalue weighted by Crippen LogP contribution is 2.44.